The molecule has 3 atom stereocenters. The van der Waals surface area contributed by atoms with E-state index in [2.05, 4.69) is 33.4 Å². The molecule has 0 spiro atoms. The van der Waals surface area contributed by atoms with Crippen molar-refractivity contribution in [2.75, 3.05) is 5.32 Å². The van der Waals surface area contributed by atoms with Crippen LogP contribution in [0.25, 0.3) is 0 Å². The van der Waals surface area contributed by atoms with Crippen molar-refractivity contribution in [2.24, 2.45) is 17.8 Å². The van der Waals surface area contributed by atoms with Crippen molar-refractivity contribution >= 4 is 27.5 Å². The van der Waals surface area contributed by atoms with Crippen LogP contribution in [0.15, 0.2) is 40.9 Å². The van der Waals surface area contributed by atoms with Crippen LogP contribution in [-0.2, 0) is 4.79 Å². The molecule has 0 aromatic heterocycles. The number of anilines is 1. The van der Waals surface area contributed by atoms with Gasteiger partial charge in [0.1, 0.15) is 0 Å². The first kappa shape index (κ1) is 12.9. The van der Waals surface area contributed by atoms with Crippen LogP contribution >= 0.6 is 15.9 Å². The molecular formula is C16H18BrNO. The van der Waals surface area contributed by atoms with Gasteiger partial charge in [-0.1, -0.05) is 28.1 Å². The van der Waals surface area contributed by atoms with Crippen LogP contribution in [0.5, 0.6) is 0 Å². The van der Waals surface area contributed by atoms with E-state index in [1.165, 1.54) is 12.8 Å². The van der Waals surface area contributed by atoms with Crippen molar-refractivity contribution in [1.82, 2.24) is 0 Å². The predicted molar refractivity (Wildman–Crippen MR) is 80.8 cm³/mol. The molecule has 2 aliphatic rings. The molecule has 1 N–H and O–H groups in total. The summed E-state index contributed by atoms with van der Waals surface area (Å²) in [5.41, 5.74) is 0.894. The number of halogens is 1. The van der Waals surface area contributed by atoms with Gasteiger partial charge in [0, 0.05) is 16.1 Å². The highest BCUT2D eigenvalue weighted by molar-refractivity contribution is 9.10. The topological polar surface area (TPSA) is 29.1 Å². The maximum Gasteiger partial charge on any atom is 0.228 e. The summed E-state index contributed by atoms with van der Waals surface area (Å²) in [6.45, 7) is 0. The molecule has 3 rings (SSSR count). The fraction of sp³-hybridized carbons (Fsp3) is 0.438. The van der Waals surface area contributed by atoms with Gasteiger partial charge in [0.2, 0.25) is 5.91 Å². The molecule has 2 nitrogen and oxygen atoms in total. The number of hydrogen-bond donors (Lipinski definition) is 1. The molecular weight excluding hydrogens is 302 g/mol. The third kappa shape index (κ3) is 2.92. The first-order chi connectivity index (χ1) is 9.25. The summed E-state index contributed by atoms with van der Waals surface area (Å²) in [6, 6.07) is 7.78. The molecule has 1 aromatic carbocycles. The molecule has 1 aromatic rings. The molecule has 1 fully saturated rings. The second-order valence-electron chi connectivity index (χ2n) is 5.48. The van der Waals surface area contributed by atoms with Crippen molar-refractivity contribution in [2.45, 2.75) is 25.7 Å². The van der Waals surface area contributed by atoms with E-state index in [1.807, 2.05) is 24.3 Å². The normalized spacial score (nSPS) is 30.7. The Morgan fingerprint density at radius 1 is 1.05 bits per heavy atom. The number of amides is 1. The highest BCUT2D eigenvalue weighted by Gasteiger charge is 2.53. The summed E-state index contributed by atoms with van der Waals surface area (Å²) in [4.78, 5) is 12.3. The van der Waals surface area contributed by atoms with Crippen molar-refractivity contribution in [1.29, 1.82) is 0 Å². The van der Waals surface area contributed by atoms with Gasteiger partial charge < -0.3 is 5.32 Å². The summed E-state index contributed by atoms with van der Waals surface area (Å²) in [7, 11) is 0. The fourth-order valence-corrected chi connectivity index (χ4v) is 3.46. The Kier molecular flexibility index (Phi) is 3.74. The van der Waals surface area contributed by atoms with Crippen molar-refractivity contribution in [3.05, 3.63) is 40.9 Å². The number of carbonyl (C=O) groups is 1. The second-order valence-corrected chi connectivity index (χ2v) is 6.39. The van der Waals surface area contributed by atoms with Gasteiger partial charge in [-0.3, -0.25) is 4.79 Å². The molecule has 0 aliphatic heterocycles. The highest BCUT2D eigenvalue weighted by Crippen LogP contribution is 2.53. The van der Waals surface area contributed by atoms with E-state index in [9.17, 15) is 4.79 Å². The van der Waals surface area contributed by atoms with Gasteiger partial charge in [0.25, 0.3) is 0 Å². The molecule has 0 radical (unpaired) electrons. The molecule has 100 valence electrons. The highest BCUT2D eigenvalue weighted by atomic mass is 79.9. The number of hydrogen-bond acceptors (Lipinski definition) is 1. The van der Waals surface area contributed by atoms with E-state index >= 15 is 0 Å². The maximum absolute atomic E-state index is 12.3. The van der Waals surface area contributed by atoms with Crippen LogP contribution in [0.4, 0.5) is 5.69 Å². The Bertz CT molecular complexity index is 478. The Hall–Kier alpha value is -1.09. The van der Waals surface area contributed by atoms with E-state index < -0.39 is 0 Å². The van der Waals surface area contributed by atoms with Crippen molar-refractivity contribution in [3.63, 3.8) is 0 Å². The van der Waals surface area contributed by atoms with Gasteiger partial charge in [-0.2, -0.15) is 0 Å². The van der Waals surface area contributed by atoms with Gasteiger partial charge in [0.15, 0.2) is 0 Å². The van der Waals surface area contributed by atoms with Gasteiger partial charge in [-0.05, 0) is 61.8 Å². The van der Waals surface area contributed by atoms with E-state index in [-0.39, 0.29) is 11.8 Å². The van der Waals surface area contributed by atoms with E-state index in [1.54, 1.807) is 0 Å². The molecule has 1 unspecified atom stereocenters. The lowest BCUT2D eigenvalue weighted by molar-refractivity contribution is -0.117. The minimum absolute atomic E-state index is 0.208. The number of benzene rings is 1. The summed E-state index contributed by atoms with van der Waals surface area (Å²) >= 11 is 3.40. The number of nitrogens with one attached hydrogen (secondary N) is 1. The van der Waals surface area contributed by atoms with Gasteiger partial charge >= 0.3 is 0 Å². The molecule has 2 aliphatic carbocycles. The van der Waals surface area contributed by atoms with Gasteiger partial charge in [-0.25, -0.2) is 0 Å². The lowest BCUT2D eigenvalue weighted by atomic mass is 10.1. The molecule has 0 heterocycles. The third-order valence-electron chi connectivity index (χ3n) is 4.25. The predicted octanol–water partition coefficient (Wildman–Crippen LogP) is 4.38. The number of rotatable bonds is 2. The monoisotopic (exact) mass is 319 g/mol. The average Bonchev–Trinajstić information content (AvgIpc) is 3.03. The Balaban J connectivity index is 1.61. The first-order valence-corrected chi connectivity index (χ1v) is 7.76. The summed E-state index contributed by atoms with van der Waals surface area (Å²) in [5.74, 6) is 1.67. The van der Waals surface area contributed by atoms with Crippen molar-refractivity contribution in [3.8, 4) is 0 Å². The summed E-state index contributed by atoms with van der Waals surface area (Å²) in [6.07, 6.45) is 9.11. The lowest BCUT2D eigenvalue weighted by Crippen LogP contribution is -2.15. The largest absolute Gasteiger partial charge is 0.326 e. The average molecular weight is 320 g/mol. The van der Waals surface area contributed by atoms with Crippen LogP contribution in [0, 0.1) is 17.8 Å². The first-order valence-electron chi connectivity index (χ1n) is 6.97. The van der Waals surface area contributed by atoms with Crippen LogP contribution < -0.4 is 5.32 Å². The molecule has 1 amide bonds. The smallest absolute Gasteiger partial charge is 0.228 e. The van der Waals surface area contributed by atoms with Gasteiger partial charge in [-0.15, -0.1) is 0 Å². The maximum atomic E-state index is 12.3. The number of allylic oxidation sites excluding steroid dienone is 2. The summed E-state index contributed by atoms with van der Waals surface area (Å²) < 4.78 is 1.03. The van der Waals surface area contributed by atoms with Crippen LogP contribution in [-0.4, -0.2) is 5.91 Å². The quantitative estimate of drug-likeness (QED) is 0.805. The molecule has 0 saturated heterocycles. The van der Waals surface area contributed by atoms with Gasteiger partial charge in [0.05, 0.1) is 0 Å². The van der Waals surface area contributed by atoms with E-state index in [4.69, 9.17) is 0 Å². The molecule has 0 bridgehead atoms. The zero-order valence-corrected chi connectivity index (χ0v) is 12.4. The third-order valence-corrected chi connectivity index (χ3v) is 4.77. The number of carbonyl (C=O) groups excluding carboxylic acids is 1. The zero-order chi connectivity index (χ0) is 13.2. The fourth-order valence-electron chi connectivity index (χ4n) is 3.19. The lowest BCUT2D eigenvalue weighted by Gasteiger charge is -2.04. The van der Waals surface area contributed by atoms with E-state index in [0.29, 0.717) is 11.8 Å². The Morgan fingerprint density at radius 2 is 1.63 bits per heavy atom. The molecule has 19 heavy (non-hydrogen) atoms. The second kappa shape index (κ2) is 5.49. The minimum atomic E-state index is 0.208. The SMILES string of the molecule is O=C(Nc1ccc(Br)cc1)C1[C@H]2CC/C=C/CC[C@@H]12. The van der Waals surface area contributed by atoms with Crippen LogP contribution in [0.2, 0.25) is 0 Å². The van der Waals surface area contributed by atoms with Crippen LogP contribution in [0.3, 0.4) is 0 Å². The van der Waals surface area contributed by atoms with Crippen LogP contribution in [0.1, 0.15) is 25.7 Å². The standard InChI is InChI=1S/C16H18BrNO/c17-11-7-9-12(10-8-11)18-16(19)15-13-5-3-1-2-4-6-14(13)15/h1-2,7-10,13-15H,3-6H2,(H,18,19)/b2-1+/t13-,14+,15?. The van der Waals surface area contributed by atoms with E-state index in [0.717, 1.165) is 23.0 Å². The van der Waals surface area contributed by atoms with Crippen molar-refractivity contribution < 1.29 is 4.79 Å². The summed E-state index contributed by atoms with van der Waals surface area (Å²) in [5, 5.41) is 3.05. The Morgan fingerprint density at radius 3 is 2.21 bits per heavy atom. The minimum Gasteiger partial charge on any atom is -0.326 e. The number of fused-ring (bicyclic) bond motifs is 1. The Labute approximate surface area is 122 Å². The zero-order valence-electron chi connectivity index (χ0n) is 10.8. The molecule has 1 saturated carbocycles. The molecule has 3 heteroatoms.